The number of alkyl halides is 3. The number of amides is 2. The molecule has 12 heteroatoms. The van der Waals surface area contributed by atoms with Gasteiger partial charge in [-0.2, -0.15) is 13.2 Å². The van der Waals surface area contributed by atoms with E-state index in [4.69, 9.17) is 0 Å². The Hall–Kier alpha value is -3.93. The Labute approximate surface area is 192 Å². The molecule has 35 heavy (non-hydrogen) atoms. The average Bonchev–Trinajstić information content (AvgIpc) is 3.06. The fraction of sp³-hybridized carbons (Fsp3) is 0.130. The summed E-state index contributed by atoms with van der Waals surface area (Å²) >= 11 is 0. The molecule has 0 spiro atoms. The smallest absolute Gasteiger partial charge is 0.369 e. The highest BCUT2D eigenvalue weighted by Crippen LogP contribution is 2.41. The number of fused-ring (bicyclic) bond motifs is 1. The molecule has 182 valence electrons. The first-order chi connectivity index (χ1) is 16.4. The van der Waals surface area contributed by atoms with E-state index in [2.05, 4.69) is 0 Å². The second-order valence-corrected chi connectivity index (χ2v) is 7.48. The molecule has 0 bridgehead atoms. The van der Waals surface area contributed by atoms with E-state index in [9.17, 15) is 45.4 Å². The van der Waals surface area contributed by atoms with Gasteiger partial charge in [-0.3, -0.25) is 14.5 Å². The fourth-order valence-corrected chi connectivity index (χ4v) is 3.83. The number of rotatable bonds is 4. The van der Waals surface area contributed by atoms with Crippen LogP contribution in [-0.2, 0) is 11.0 Å². The summed E-state index contributed by atoms with van der Waals surface area (Å²) in [4.78, 5) is 26.8. The molecular formula is C23H13F7N2O3. The second kappa shape index (κ2) is 8.69. The molecule has 2 unspecified atom stereocenters. The van der Waals surface area contributed by atoms with Crippen LogP contribution in [0.15, 0.2) is 54.6 Å². The van der Waals surface area contributed by atoms with Gasteiger partial charge in [0.25, 0.3) is 11.8 Å². The third-order valence-electron chi connectivity index (χ3n) is 5.40. The molecule has 0 saturated carbocycles. The van der Waals surface area contributed by atoms with E-state index in [1.165, 1.54) is 54.6 Å². The van der Waals surface area contributed by atoms with Gasteiger partial charge in [0.2, 0.25) is 0 Å². The van der Waals surface area contributed by atoms with E-state index in [0.29, 0.717) is 4.90 Å². The molecular weight excluding hydrogens is 485 g/mol. The van der Waals surface area contributed by atoms with Crippen LogP contribution < -0.4 is 5.32 Å². The van der Waals surface area contributed by atoms with Gasteiger partial charge in [0.05, 0.1) is 0 Å². The van der Waals surface area contributed by atoms with Crippen LogP contribution in [-0.4, -0.2) is 21.8 Å². The highest BCUT2D eigenvalue weighted by atomic mass is 19.4. The SMILES string of the molecule is O=C(Nc1c(F)c(F)c(C(F)(F)F)c(F)c1F)C(c1ccccc1)N1C(=O)c2ccccc2C1O. The summed E-state index contributed by atoms with van der Waals surface area (Å²) < 4.78 is 95.4. The monoisotopic (exact) mass is 498 g/mol. The van der Waals surface area contributed by atoms with Gasteiger partial charge in [0, 0.05) is 11.1 Å². The molecule has 3 aromatic carbocycles. The highest BCUT2D eigenvalue weighted by molar-refractivity contribution is 6.04. The minimum atomic E-state index is -5.76. The minimum Gasteiger partial charge on any atom is -0.369 e. The first-order valence-corrected chi connectivity index (χ1v) is 9.83. The van der Waals surface area contributed by atoms with Gasteiger partial charge in [0.1, 0.15) is 17.3 Å². The van der Waals surface area contributed by atoms with Crippen molar-refractivity contribution in [2.24, 2.45) is 0 Å². The van der Waals surface area contributed by atoms with Gasteiger partial charge in [-0.1, -0.05) is 48.5 Å². The quantitative estimate of drug-likeness (QED) is 0.389. The molecule has 1 heterocycles. The predicted molar refractivity (Wildman–Crippen MR) is 107 cm³/mol. The predicted octanol–water partition coefficient (Wildman–Crippen LogP) is 5.09. The van der Waals surface area contributed by atoms with Crippen LogP contribution in [0.5, 0.6) is 0 Å². The number of carbonyl (C=O) groups is 2. The van der Waals surface area contributed by atoms with Crippen molar-refractivity contribution in [3.05, 3.63) is 100 Å². The second-order valence-electron chi connectivity index (χ2n) is 7.48. The van der Waals surface area contributed by atoms with Crippen molar-refractivity contribution in [3.8, 4) is 0 Å². The lowest BCUT2D eigenvalue weighted by Crippen LogP contribution is -2.40. The van der Waals surface area contributed by atoms with Crippen LogP contribution >= 0.6 is 0 Å². The van der Waals surface area contributed by atoms with E-state index in [-0.39, 0.29) is 16.7 Å². The number of carbonyl (C=O) groups excluding carboxylic acids is 2. The Morgan fingerprint density at radius 1 is 0.886 bits per heavy atom. The summed E-state index contributed by atoms with van der Waals surface area (Å²) in [5, 5.41) is 12.3. The third-order valence-corrected chi connectivity index (χ3v) is 5.40. The maximum absolute atomic E-state index is 14.4. The number of aliphatic hydroxyl groups is 1. The molecule has 1 aliphatic heterocycles. The van der Waals surface area contributed by atoms with Crippen molar-refractivity contribution >= 4 is 17.5 Å². The Kier molecular flexibility index (Phi) is 6.01. The lowest BCUT2D eigenvalue weighted by Gasteiger charge is -2.30. The first kappa shape index (κ1) is 24.2. The number of anilines is 1. The Balaban J connectivity index is 1.80. The van der Waals surface area contributed by atoms with Crippen LogP contribution in [0.2, 0.25) is 0 Å². The topological polar surface area (TPSA) is 69.6 Å². The average molecular weight is 498 g/mol. The summed E-state index contributed by atoms with van der Waals surface area (Å²) in [6.45, 7) is 0. The molecule has 2 amide bonds. The van der Waals surface area contributed by atoms with Crippen LogP contribution in [0.1, 0.15) is 39.3 Å². The van der Waals surface area contributed by atoms with Crippen LogP contribution in [0.3, 0.4) is 0 Å². The lowest BCUT2D eigenvalue weighted by atomic mass is 10.0. The normalized spacial score (nSPS) is 16.3. The Morgan fingerprint density at radius 2 is 1.43 bits per heavy atom. The molecule has 0 radical (unpaired) electrons. The van der Waals surface area contributed by atoms with Crippen molar-refractivity contribution in [2.75, 3.05) is 5.32 Å². The number of nitrogens with one attached hydrogen (secondary N) is 1. The summed E-state index contributed by atoms with van der Waals surface area (Å²) in [6.07, 6.45) is -7.45. The molecule has 2 atom stereocenters. The van der Waals surface area contributed by atoms with Gasteiger partial charge < -0.3 is 10.4 Å². The summed E-state index contributed by atoms with van der Waals surface area (Å²) in [5.74, 6) is -12.8. The summed E-state index contributed by atoms with van der Waals surface area (Å²) in [6, 6.07) is 11.0. The number of hydrogen-bond acceptors (Lipinski definition) is 3. The molecule has 0 fully saturated rings. The molecule has 3 aromatic rings. The van der Waals surface area contributed by atoms with E-state index in [1.54, 1.807) is 5.32 Å². The number of nitrogens with zero attached hydrogens (tertiary/aromatic N) is 1. The zero-order valence-corrected chi connectivity index (χ0v) is 17.2. The van der Waals surface area contributed by atoms with E-state index < -0.39 is 64.8 Å². The zero-order chi connectivity index (χ0) is 25.7. The molecule has 0 aromatic heterocycles. The van der Waals surface area contributed by atoms with Crippen molar-refractivity contribution < 1.29 is 45.4 Å². The Morgan fingerprint density at radius 3 is 1.97 bits per heavy atom. The molecule has 2 N–H and O–H groups in total. The largest absolute Gasteiger partial charge is 0.422 e. The summed E-state index contributed by atoms with van der Waals surface area (Å²) in [5.41, 5.74) is -4.45. The molecule has 1 aliphatic rings. The van der Waals surface area contributed by atoms with Gasteiger partial charge in [-0.25, -0.2) is 17.6 Å². The maximum atomic E-state index is 14.4. The van der Waals surface area contributed by atoms with Gasteiger partial charge in [-0.15, -0.1) is 0 Å². The number of benzene rings is 3. The summed E-state index contributed by atoms with van der Waals surface area (Å²) in [7, 11) is 0. The van der Waals surface area contributed by atoms with Gasteiger partial charge in [-0.05, 0) is 11.6 Å². The van der Waals surface area contributed by atoms with Crippen molar-refractivity contribution in [2.45, 2.75) is 18.4 Å². The number of halogens is 7. The number of hydrogen-bond donors (Lipinski definition) is 2. The standard InChI is InChI=1S/C23H13F7N2O3/c24-14-13(23(28,29)30)15(25)17(27)18(16(14)26)31-20(33)19(10-6-2-1-3-7-10)32-21(34)11-8-4-5-9-12(11)22(32)35/h1-9,19,21,34H,(H,31,33). The first-order valence-electron chi connectivity index (χ1n) is 9.83. The van der Waals surface area contributed by atoms with Crippen LogP contribution in [0, 0.1) is 23.3 Å². The van der Waals surface area contributed by atoms with Crippen LogP contribution in [0.25, 0.3) is 0 Å². The van der Waals surface area contributed by atoms with Crippen molar-refractivity contribution in [1.29, 1.82) is 0 Å². The van der Waals surface area contributed by atoms with Crippen LogP contribution in [0.4, 0.5) is 36.4 Å². The fourth-order valence-electron chi connectivity index (χ4n) is 3.83. The third kappa shape index (κ3) is 3.99. The zero-order valence-electron chi connectivity index (χ0n) is 17.2. The Bertz CT molecular complexity index is 1300. The van der Waals surface area contributed by atoms with Crippen molar-refractivity contribution in [3.63, 3.8) is 0 Å². The molecule has 0 aliphatic carbocycles. The maximum Gasteiger partial charge on any atom is 0.422 e. The van der Waals surface area contributed by atoms with Gasteiger partial charge in [0.15, 0.2) is 29.5 Å². The van der Waals surface area contributed by atoms with Gasteiger partial charge >= 0.3 is 6.18 Å². The van der Waals surface area contributed by atoms with Crippen molar-refractivity contribution in [1.82, 2.24) is 4.90 Å². The molecule has 5 nitrogen and oxygen atoms in total. The van der Waals surface area contributed by atoms with E-state index >= 15 is 0 Å². The minimum absolute atomic E-state index is 0.0257. The molecule has 4 rings (SSSR count). The lowest BCUT2D eigenvalue weighted by molar-refractivity contribution is -0.143. The van der Waals surface area contributed by atoms with E-state index in [1.807, 2.05) is 0 Å². The van der Waals surface area contributed by atoms with E-state index in [0.717, 1.165) is 0 Å². The number of aliphatic hydroxyl groups excluding tert-OH is 1. The molecule has 0 saturated heterocycles. The highest BCUT2D eigenvalue weighted by Gasteiger charge is 2.45.